The highest BCUT2D eigenvalue weighted by Crippen LogP contribution is 2.53. The van der Waals surface area contributed by atoms with Crippen LogP contribution in [0, 0.1) is 11.3 Å². The van der Waals surface area contributed by atoms with E-state index in [9.17, 15) is 4.79 Å². The van der Waals surface area contributed by atoms with Crippen LogP contribution in [0.2, 0.25) is 0 Å². The summed E-state index contributed by atoms with van der Waals surface area (Å²) in [5, 5.41) is 7.74. The maximum absolute atomic E-state index is 12.5. The molecule has 2 aliphatic rings. The lowest BCUT2D eigenvalue weighted by Crippen LogP contribution is -2.65. The molecule has 1 saturated carbocycles. The van der Waals surface area contributed by atoms with Gasteiger partial charge in [-0.2, -0.15) is 0 Å². The topological polar surface area (TPSA) is 65.7 Å². The Morgan fingerprint density at radius 2 is 2.32 bits per heavy atom. The van der Waals surface area contributed by atoms with Crippen molar-refractivity contribution in [3.8, 4) is 0 Å². The Kier molecular flexibility index (Phi) is 2.97. The zero-order valence-electron chi connectivity index (χ0n) is 12.7. The molecule has 1 aliphatic heterocycles. The number of pyridine rings is 1. The van der Waals surface area contributed by atoms with Gasteiger partial charge in [0.2, 0.25) is 0 Å². The minimum atomic E-state index is -0.294. The summed E-state index contributed by atoms with van der Waals surface area (Å²) in [6.07, 6.45) is 5.51. The molecular formula is C16H19N3O3. The van der Waals surface area contributed by atoms with Crippen molar-refractivity contribution in [2.75, 3.05) is 6.61 Å². The van der Waals surface area contributed by atoms with Crippen LogP contribution in [0.1, 0.15) is 37.0 Å². The van der Waals surface area contributed by atoms with Crippen molar-refractivity contribution in [1.29, 1.82) is 0 Å². The Hall–Kier alpha value is -1.95. The molecule has 1 saturated heterocycles. The second-order valence-corrected chi connectivity index (χ2v) is 6.76. The van der Waals surface area contributed by atoms with Gasteiger partial charge in [-0.05, 0) is 25.0 Å². The standard InChI is InChI=1S/C16H19N3O3/c1-16(2)13-11(4-3-7-21-13)14(16)22-15(20)10-5-6-12-18-17-9-19(12)8-10/h5-6,8-9,11,13-14H,3-4,7H2,1-2H3. The SMILES string of the molecule is CC1(C)C2OCCCC2C1OC(=O)c1ccc2nncn2c1. The number of rotatable bonds is 2. The minimum absolute atomic E-state index is 0.0816. The molecule has 0 aromatic carbocycles. The Morgan fingerprint density at radius 3 is 3.18 bits per heavy atom. The number of carbonyl (C=O) groups excluding carboxylic acids is 1. The molecule has 2 fully saturated rings. The second-order valence-electron chi connectivity index (χ2n) is 6.76. The molecular weight excluding hydrogens is 282 g/mol. The lowest BCUT2D eigenvalue weighted by Gasteiger charge is -2.58. The Bertz CT molecular complexity index is 724. The maximum atomic E-state index is 12.5. The van der Waals surface area contributed by atoms with E-state index in [0.717, 1.165) is 19.4 Å². The lowest BCUT2D eigenvalue weighted by molar-refractivity contribution is -0.243. The molecule has 22 heavy (non-hydrogen) atoms. The molecule has 3 heterocycles. The van der Waals surface area contributed by atoms with Gasteiger partial charge >= 0.3 is 5.97 Å². The van der Waals surface area contributed by atoms with E-state index in [-0.39, 0.29) is 23.6 Å². The molecule has 3 atom stereocenters. The average Bonchev–Trinajstić information content (AvgIpc) is 3.00. The van der Waals surface area contributed by atoms with Crippen molar-refractivity contribution in [3.05, 3.63) is 30.2 Å². The van der Waals surface area contributed by atoms with Gasteiger partial charge in [-0.3, -0.25) is 4.40 Å². The van der Waals surface area contributed by atoms with E-state index in [2.05, 4.69) is 24.0 Å². The van der Waals surface area contributed by atoms with Gasteiger partial charge in [-0.15, -0.1) is 10.2 Å². The summed E-state index contributed by atoms with van der Waals surface area (Å²) in [6.45, 7) is 5.04. The van der Waals surface area contributed by atoms with E-state index in [1.165, 1.54) is 0 Å². The fourth-order valence-electron chi connectivity index (χ4n) is 3.85. The summed E-state index contributed by atoms with van der Waals surface area (Å²) in [5.41, 5.74) is 1.10. The molecule has 0 bridgehead atoms. The van der Waals surface area contributed by atoms with Crippen LogP contribution in [0.5, 0.6) is 0 Å². The average molecular weight is 301 g/mol. The first-order valence-electron chi connectivity index (χ1n) is 7.69. The van der Waals surface area contributed by atoms with Crippen LogP contribution in [-0.2, 0) is 9.47 Å². The van der Waals surface area contributed by atoms with Crippen molar-refractivity contribution >= 4 is 11.6 Å². The van der Waals surface area contributed by atoms with Gasteiger partial charge in [0.05, 0.1) is 11.7 Å². The summed E-state index contributed by atoms with van der Waals surface area (Å²) in [7, 11) is 0. The Morgan fingerprint density at radius 1 is 1.45 bits per heavy atom. The number of carbonyl (C=O) groups is 1. The van der Waals surface area contributed by atoms with Crippen molar-refractivity contribution in [2.24, 2.45) is 11.3 Å². The van der Waals surface area contributed by atoms with Gasteiger partial charge < -0.3 is 9.47 Å². The first kappa shape index (κ1) is 13.7. The predicted octanol–water partition coefficient (Wildman–Crippen LogP) is 2.09. The highest BCUT2D eigenvalue weighted by molar-refractivity contribution is 5.89. The van der Waals surface area contributed by atoms with Crippen molar-refractivity contribution in [1.82, 2.24) is 14.6 Å². The third-order valence-electron chi connectivity index (χ3n) is 4.98. The number of aromatic nitrogens is 3. The van der Waals surface area contributed by atoms with Crippen LogP contribution >= 0.6 is 0 Å². The van der Waals surface area contributed by atoms with E-state index < -0.39 is 0 Å². The van der Waals surface area contributed by atoms with Crippen LogP contribution in [0.15, 0.2) is 24.7 Å². The molecule has 4 rings (SSSR count). The number of hydrogen-bond donors (Lipinski definition) is 0. The summed E-state index contributed by atoms with van der Waals surface area (Å²) in [6, 6.07) is 3.49. The molecule has 0 radical (unpaired) electrons. The molecule has 0 N–H and O–H groups in total. The lowest BCUT2D eigenvalue weighted by atomic mass is 9.57. The van der Waals surface area contributed by atoms with E-state index in [4.69, 9.17) is 9.47 Å². The zero-order chi connectivity index (χ0) is 15.3. The van der Waals surface area contributed by atoms with Gasteiger partial charge in [-0.1, -0.05) is 13.8 Å². The molecule has 0 spiro atoms. The largest absolute Gasteiger partial charge is 0.458 e. The molecule has 6 nitrogen and oxygen atoms in total. The quantitative estimate of drug-likeness (QED) is 0.795. The highest BCUT2D eigenvalue weighted by atomic mass is 16.6. The number of hydrogen-bond acceptors (Lipinski definition) is 5. The van der Waals surface area contributed by atoms with Crippen molar-refractivity contribution in [2.45, 2.75) is 38.9 Å². The predicted molar refractivity (Wildman–Crippen MR) is 78.4 cm³/mol. The minimum Gasteiger partial charge on any atom is -0.458 e. The van der Waals surface area contributed by atoms with Crippen molar-refractivity contribution in [3.63, 3.8) is 0 Å². The van der Waals surface area contributed by atoms with E-state index in [0.29, 0.717) is 17.1 Å². The van der Waals surface area contributed by atoms with E-state index >= 15 is 0 Å². The number of nitrogens with zero attached hydrogens (tertiary/aromatic N) is 3. The fourth-order valence-corrected chi connectivity index (χ4v) is 3.85. The summed E-state index contributed by atoms with van der Waals surface area (Å²) >= 11 is 0. The van der Waals surface area contributed by atoms with Crippen molar-refractivity contribution < 1.29 is 14.3 Å². The third kappa shape index (κ3) is 1.94. The van der Waals surface area contributed by atoms with E-state index in [1.54, 1.807) is 29.1 Å². The zero-order valence-corrected chi connectivity index (χ0v) is 12.7. The molecule has 2 aromatic rings. The number of esters is 1. The summed E-state index contributed by atoms with van der Waals surface area (Å²) in [5.74, 6) is 0.0315. The van der Waals surface area contributed by atoms with Gasteiger partial charge in [0.15, 0.2) is 5.65 Å². The van der Waals surface area contributed by atoms with E-state index in [1.807, 2.05) is 0 Å². The monoisotopic (exact) mass is 301 g/mol. The van der Waals surface area contributed by atoms with Crippen LogP contribution in [0.4, 0.5) is 0 Å². The van der Waals surface area contributed by atoms with Crippen LogP contribution < -0.4 is 0 Å². The summed E-state index contributed by atoms with van der Waals surface area (Å²) in [4.78, 5) is 12.5. The van der Waals surface area contributed by atoms with Gasteiger partial charge in [0.1, 0.15) is 12.4 Å². The first-order valence-corrected chi connectivity index (χ1v) is 7.69. The van der Waals surface area contributed by atoms with Gasteiger partial charge in [0.25, 0.3) is 0 Å². The molecule has 1 aliphatic carbocycles. The van der Waals surface area contributed by atoms with Crippen LogP contribution in [-0.4, -0.2) is 39.4 Å². The third-order valence-corrected chi connectivity index (χ3v) is 4.98. The molecule has 116 valence electrons. The second kappa shape index (κ2) is 4.78. The molecule has 2 aromatic heterocycles. The van der Waals surface area contributed by atoms with Crippen LogP contribution in [0.25, 0.3) is 5.65 Å². The Labute approximate surface area is 128 Å². The molecule has 6 heteroatoms. The maximum Gasteiger partial charge on any atom is 0.339 e. The van der Waals surface area contributed by atoms with Gasteiger partial charge in [-0.25, -0.2) is 4.79 Å². The highest BCUT2D eigenvalue weighted by Gasteiger charge is 2.60. The molecule has 3 unspecified atom stereocenters. The summed E-state index contributed by atoms with van der Waals surface area (Å²) < 4.78 is 13.4. The number of ether oxygens (including phenoxy) is 2. The first-order chi connectivity index (χ1) is 10.6. The normalized spacial score (nSPS) is 29.6. The van der Waals surface area contributed by atoms with Gasteiger partial charge in [0, 0.05) is 24.1 Å². The smallest absolute Gasteiger partial charge is 0.339 e. The fraction of sp³-hybridized carbons (Fsp3) is 0.562. The Balaban J connectivity index is 1.53. The molecule has 0 amide bonds. The van der Waals surface area contributed by atoms with Crippen LogP contribution in [0.3, 0.4) is 0 Å². The number of fused-ring (bicyclic) bond motifs is 2.